The molecule has 2 rings (SSSR count). The SMILES string of the molecule is CC1CCN(S(=O)(=O)c2c(Br)cc(N)cc2Br)CC1. The van der Waals surface area contributed by atoms with Crippen molar-refractivity contribution in [1.82, 2.24) is 4.31 Å². The Morgan fingerprint density at radius 1 is 1.21 bits per heavy atom. The van der Waals surface area contributed by atoms with Gasteiger partial charge in [-0.05, 0) is 62.8 Å². The molecule has 1 heterocycles. The van der Waals surface area contributed by atoms with E-state index in [0.29, 0.717) is 33.6 Å². The maximum atomic E-state index is 12.7. The molecule has 1 aromatic rings. The van der Waals surface area contributed by atoms with Crippen molar-refractivity contribution in [2.45, 2.75) is 24.7 Å². The van der Waals surface area contributed by atoms with Crippen LogP contribution in [0.15, 0.2) is 26.0 Å². The Morgan fingerprint density at radius 2 is 1.68 bits per heavy atom. The van der Waals surface area contributed by atoms with Crippen LogP contribution in [-0.4, -0.2) is 25.8 Å². The third-order valence-corrected chi connectivity index (χ3v) is 7.14. The lowest BCUT2D eigenvalue weighted by atomic mass is 10.0. The summed E-state index contributed by atoms with van der Waals surface area (Å²) < 4.78 is 27.9. The Hall–Kier alpha value is -0.110. The summed E-state index contributed by atoms with van der Waals surface area (Å²) in [6.45, 7) is 3.30. The maximum absolute atomic E-state index is 12.7. The Bertz CT molecular complexity index is 558. The van der Waals surface area contributed by atoms with Gasteiger partial charge in [0, 0.05) is 27.7 Å². The summed E-state index contributed by atoms with van der Waals surface area (Å²) in [6.07, 6.45) is 1.81. The van der Waals surface area contributed by atoms with Gasteiger partial charge >= 0.3 is 0 Å². The van der Waals surface area contributed by atoms with E-state index in [2.05, 4.69) is 38.8 Å². The third kappa shape index (κ3) is 3.15. The maximum Gasteiger partial charge on any atom is 0.245 e. The molecule has 0 bridgehead atoms. The molecule has 0 aliphatic carbocycles. The van der Waals surface area contributed by atoms with Crippen LogP contribution < -0.4 is 5.73 Å². The second-order valence-corrected chi connectivity index (χ2v) is 8.48. The molecule has 1 saturated heterocycles. The number of anilines is 1. The van der Waals surface area contributed by atoms with E-state index in [1.54, 1.807) is 16.4 Å². The van der Waals surface area contributed by atoms with Crippen molar-refractivity contribution in [3.63, 3.8) is 0 Å². The topological polar surface area (TPSA) is 63.4 Å². The molecule has 1 fully saturated rings. The summed E-state index contributed by atoms with van der Waals surface area (Å²) in [4.78, 5) is 0.260. The molecule has 0 saturated carbocycles. The minimum Gasteiger partial charge on any atom is -0.399 e. The Kier molecular flexibility index (Phi) is 4.59. The Labute approximate surface area is 130 Å². The zero-order valence-corrected chi connectivity index (χ0v) is 14.6. The molecule has 7 heteroatoms. The molecule has 0 amide bonds. The van der Waals surface area contributed by atoms with Crippen molar-refractivity contribution in [3.8, 4) is 0 Å². The van der Waals surface area contributed by atoms with Crippen LogP contribution in [0, 0.1) is 5.92 Å². The molecule has 1 aliphatic heterocycles. The standard InChI is InChI=1S/C12H16Br2N2O2S/c1-8-2-4-16(5-3-8)19(17,18)12-10(13)6-9(15)7-11(12)14/h6-8H,2-5,15H2,1H3. The van der Waals surface area contributed by atoms with Gasteiger partial charge in [0.05, 0.1) is 0 Å². The first-order chi connectivity index (χ1) is 8.82. The number of sulfonamides is 1. The quantitative estimate of drug-likeness (QED) is 0.760. The van der Waals surface area contributed by atoms with E-state index in [-0.39, 0.29) is 4.90 Å². The van der Waals surface area contributed by atoms with Crippen LogP contribution in [0.3, 0.4) is 0 Å². The van der Waals surface area contributed by atoms with E-state index >= 15 is 0 Å². The lowest BCUT2D eigenvalue weighted by Crippen LogP contribution is -2.38. The van der Waals surface area contributed by atoms with Gasteiger partial charge in [-0.1, -0.05) is 6.92 Å². The second-order valence-electron chi connectivity index (χ2n) is 4.90. The molecule has 0 radical (unpaired) electrons. The fourth-order valence-corrected chi connectivity index (χ4v) is 6.19. The summed E-state index contributed by atoms with van der Waals surface area (Å²) in [5.41, 5.74) is 6.22. The highest BCUT2D eigenvalue weighted by atomic mass is 79.9. The van der Waals surface area contributed by atoms with Crippen molar-refractivity contribution in [2.24, 2.45) is 5.92 Å². The highest BCUT2D eigenvalue weighted by molar-refractivity contribution is 9.11. The molecule has 0 aromatic heterocycles. The number of piperidine rings is 1. The lowest BCUT2D eigenvalue weighted by Gasteiger charge is -2.30. The van der Waals surface area contributed by atoms with Gasteiger partial charge < -0.3 is 5.73 Å². The van der Waals surface area contributed by atoms with E-state index in [9.17, 15) is 8.42 Å². The van der Waals surface area contributed by atoms with Crippen LogP contribution in [-0.2, 0) is 10.0 Å². The molecule has 0 atom stereocenters. The van der Waals surface area contributed by atoms with Crippen LogP contribution in [0.25, 0.3) is 0 Å². The summed E-state index contributed by atoms with van der Waals surface area (Å²) in [6, 6.07) is 3.23. The van der Waals surface area contributed by atoms with Gasteiger partial charge in [0.15, 0.2) is 0 Å². The number of nitrogen functional groups attached to an aromatic ring is 1. The molecule has 106 valence electrons. The lowest BCUT2D eigenvalue weighted by molar-refractivity contribution is 0.288. The molecule has 1 aliphatic rings. The molecule has 2 N–H and O–H groups in total. The van der Waals surface area contributed by atoms with Crippen LogP contribution in [0.5, 0.6) is 0 Å². The van der Waals surface area contributed by atoms with Crippen LogP contribution in [0.1, 0.15) is 19.8 Å². The number of nitrogens with two attached hydrogens (primary N) is 1. The molecular formula is C12H16Br2N2O2S. The second kappa shape index (κ2) is 5.71. The average Bonchev–Trinajstić information content (AvgIpc) is 2.27. The summed E-state index contributed by atoms with van der Waals surface area (Å²) in [5, 5.41) is 0. The summed E-state index contributed by atoms with van der Waals surface area (Å²) in [5.74, 6) is 0.588. The molecule has 4 nitrogen and oxygen atoms in total. The first kappa shape index (κ1) is 15.3. The minimum atomic E-state index is -3.48. The highest BCUT2D eigenvalue weighted by Gasteiger charge is 2.31. The summed E-state index contributed by atoms with van der Waals surface area (Å²) >= 11 is 6.59. The molecule has 0 spiro atoms. The number of hydrogen-bond acceptors (Lipinski definition) is 3. The van der Waals surface area contributed by atoms with Gasteiger partial charge in [-0.3, -0.25) is 0 Å². The number of nitrogens with zero attached hydrogens (tertiary/aromatic N) is 1. The van der Waals surface area contributed by atoms with Crippen molar-refractivity contribution in [1.29, 1.82) is 0 Å². The van der Waals surface area contributed by atoms with Crippen LogP contribution in [0.4, 0.5) is 5.69 Å². The van der Waals surface area contributed by atoms with Gasteiger partial charge in [0.25, 0.3) is 0 Å². The number of halogens is 2. The van der Waals surface area contributed by atoms with Crippen molar-refractivity contribution in [2.75, 3.05) is 18.8 Å². The van der Waals surface area contributed by atoms with Gasteiger partial charge in [-0.2, -0.15) is 4.31 Å². The normalized spacial score (nSPS) is 18.7. The Morgan fingerprint density at radius 3 is 2.16 bits per heavy atom. The molecule has 19 heavy (non-hydrogen) atoms. The van der Waals surface area contributed by atoms with Crippen LogP contribution in [0.2, 0.25) is 0 Å². The largest absolute Gasteiger partial charge is 0.399 e. The number of rotatable bonds is 2. The highest BCUT2D eigenvalue weighted by Crippen LogP contribution is 2.35. The van der Waals surface area contributed by atoms with E-state index in [4.69, 9.17) is 5.73 Å². The van der Waals surface area contributed by atoms with E-state index in [1.807, 2.05) is 0 Å². The number of benzene rings is 1. The monoisotopic (exact) mass is 410 g/mol. The fraction of sp³-hybridized carbons (Fsp3) is 0.500. The predicted octanol–water partition coefficient (Wildman–Crippen LogP) is 3.21. The first-order valence-corrected chi connectivity index (χ1v) is 9.09. The summed E-state index contributed by atoms with van der Waals surface area (Å²) in [7, 11) is -3.48. The van der Waals surface area contributed by atoms with Crippen LogP contribution >= 0.6 is 31.9 Å². The Balaban J connectivity index is 2.40. The fourth-order valence-electron chi connectivity index (χ4n) is 2.18. The third-order valence-electron chi connectivity index (χ3n) is 3.36. The number of hydrogen-bond donors (Lipinski definition) is 1. The predicted molar refractivity (Wildman–Crippen MR) is 83.4 cm³/mol. The van der Waals surface area contributed by atoms with Gasteiger partial charge in [0.1, 0.15) is 4.90 Å². The molecular weight excluding hydrogens is 396 g/mol. The molecule has 0 unspecified atom stereocenters. The minimum absolute atomic E-state index is 0.260. The zero-order valence-electron chi connectivity index (χ0n) is 10.6. The average molecular weight is 412 g/mol. The van der Waals surface area contributed by atoms with Crippen molar-refractivity contribution < 1.29 is 8.42 Å². The van der Waals surface area contributed by atoms with E-state index in [1.165, 1.54) is 0 Å². The van der Waals surface area contributed by atoms with Crippen molar-refractivity contribution >= 4 is 47.6 Å². The van der Waals surface area contributed by atoms with Gasteiger partial charge in [-0.15, -0.1) is 0 Å². The molecule has 1 aromatic carbocycles. The van der Waals surface area contributed by atoms with E-state index < -0.39 is 10.0 Å². The zero-order chi connectivity index (χ0) is 14.2. The first-order valence-electron chi connectivity index (χ1n) is 6.07. The van der Waals surface area contributed by atoms with Gasteiger partial charge in [-0.25, -0.2) is 8.42 Å². The van der Waals surface area contributed by atoms with Gasteiger partial charge in [0.2, 0.25) is 10.0 Å². The van der Waals surface area contributed by atoms with E-state index in [0.717, 1.165) is 12.8 Å². The van der Waals surface area contributed by atoms with Crippen molar-refractivity contribution in [3.05, 3.63) is 21.1 Å². The smallest absolute Gasteiger partial charge is 0.245 e.